The molecule has 0 unspecified atom stereocenters. The van der Waals surface area contributed by atoms with Crippen LogP contribution in [0, 0.1) is 13.8 Å². The second-order valence-electron chi connectivity index (χ2n) is 5.65. The number of rotatable bonds is 5. The van der Waals surface area contributed by atoms with E-state index in [4.69, 9.17) is 23.2 Å². The van der Waals surface area contributed by atoms with Crippen LogP contribution in [0.1, 0.15) is 23.6 Å². The van der Waals surface area contributed by atoms with Gasteiger partial charge in [-0.25, -0.2) is 13.1 Å². The van der Waals surface area contributed by atoms with Gasteiger partial charge in [0.05, 0.1) is 5.02 Å². The van der Waals surface area contributed by atoms with E-state index in [0.717, 1.165) is 5.56 Å². The van der Waals surface area contributed by atoms with Crippen molar-refractivity contribution in [2.45, 2.75) is 32.2 Å². The highest BCUT2D eigenvalue weighted by molar-refractivity contribution is 7.89. The van der Waals surface area contributed by atoms with Crippen molar-refractivity contribution >= 4 is 44.8 Å². The quantitative estimate of drug-likeness (QED) is 0.794. The lowest BCUT2D eigenvalue weighted by Gasteiger charge is -2.14. The maximum Gasteiger partial charge on any atom is 0.242 e. The van der Waals surface area contributed by atoms with Crippen LogP contribution >= 0.6 is 23.2 Å². The molecule has 5 nitrogen and oxygen atoms in total. The number of halogens is 2. The Hall–Kier alpha value is -1.60. The number of nitrogens with one attached hydrogen (secondary N) is 2. The van der Waals surface area contributed by atoms with Gasteiger partial charge in [-0.3, -0.25) is 4.79 Å². The third kappa shape index (κ3) is 4.73. The van der Waals surface area contributed by atoms with E-state index in [-0.39, 0.29) is 22.4 Å². The summed E-state index contributed by atoms with van der Waals surface area (Å²) in [4.78, 5) is 11.0. The standard InChI is InChI=1S/C17H18Cl2N2O3S/c1-10-8-15(18)11(2)17(16(10)19)25(23,24)20-9-13-4-6-14(7-5-13)21-12(3)22/h4-8,20H,9H2,1-3H3,(H,21,22). The van der Waals surface area contributed by atoms with E-state index in [1.165, 1.54) is 6.92 Å². The first-order chi connectivity index (χ1) is 11.6. The van der Waals surface area contributed by atoms with E-state index in [1.807, 2.05) is 0 Å². The minimum Gasteiger partial charge on any atom is -0.326 e. The summed E-state index contributed by atoms with van der Waals surface area (Å²) >= 11 is 12.3. The molecule has 134 valence electrons. The normalized spacial score (nSPS) is 11.4. The first kappa shape index (κ1) is 19.7. The van der Waals surface area contributed by atoms with Crippen LogP contribution in [0.5, 0.6) is 0 Å². The molecule has 0 fully saturated rings. The van der Waals surface area contributed by atoms with Gasteiger partial charge in [-0.2, -0.15) is 0 Å². The lowest BCUT2D eigenvalue weighted by Crippen LogP contribution is -2.24. The maximum atomic E-state index is 12.7. The third-order valence-corrected chi connectivity index (χ3v) is 6.16. The summed E-state index contributed by atoms with van der Waals surface area (Å²) in [6, 6.07) is 8.50. The molecule has 8 heteroatoms. The molecule has 25 heavy (non-hydrogen) atoms. The summed E-state index contributed by atoms with van der Waals surface area (Å²) in [5.74, 6) is -0.171. The molecule has 0 saturated heterocycles. The van der Waals surface area contributed by atoms with Crippen molar-refractivity contribution in [2.24, 2.45) is 0 Å². The van der Waals surface area contributed by atoms with Gasteiger partial charge in [-0.1, -0.05) is 35.3 Å². The Bertz CT molecular complexity index is 884. The molecule has 2 N–H and O–H groups in total. The van der Waals surface area contributed by atoms with Gasteiger partial charge >= 0.3 is 0 Å². The Labute approximate surface area is 157 Å². The van der Waals surface area contributed by atoms with Gasteiger partial charge in [0, 0.05) is 24.2 Å². The minimum atomic E-state index is -3.83. The molecule has 2 rings (SSSR count). The fourth-order valence-corrected chi connectivity index (χ4v) is 4.52. The number of anilines is 1. The summed E-state index contributed by atoms with van der Waals surface area (Å²) in [6.07, 6.45) is 0. The van der Waals surface area contributed by atoms with Crippen molar-refractivity contribution in [2.75, 3.05) is 5.32 Å². The van der Waals surface area contributed by atoms with Crippen molar-refractivity contribution in [1.82, 2.24) is 4.72 Å². The number of hydrogen-bond acceptors (Lipinski definition) is 3. The Morgan fingerprint density at radius 3 is 2.28 bits per heavy atom. The highest BCUT2D eigenvalue weighted by atomic mass is 35.5. The first-order valence-corrected chi connectivity index (χ1v) is 9.67. The Morgan fingerprint density at radius 1 is 1.12 bits per heavy atom. The molecule has 1 amide bonds. The van der Waals surface area contributed by atoms with E-state index in [9.17, 15) is 13.2 Å². The van der Waals surface area contributed by atoms with Crippen LogP contribution in [0.25, 0.3) is 0 Å². The molecule has 0 aliphatic carbocycles. The fraction of sp³-hybridized carbons (Fsp3) is 0.235. The number of aryl methyl sites for hydroxylation is 1. The van der Waals surface area contributed by atoms with Gasteiger partial charge in [0.1, 0.15) is 4.90 Å². The lowest BCUT2D eigenvalue weighted by molar-refractivity contribution is -0.114. The zero-order valence-corrected chi connectivity index (χ0v) is 16.3. The summed E-state index contributed by atoms with van der Waals surface area (Å²) in [5, 5.41) is 3.16. The number of carbonyl (C=O) groups excluding carboxylic acids is 1. The van der Waals surface area contributed by atoms with Crippen LogP contribution in [0.3, 0.4) is 0 Å². The van der Waals surface area contributed by atoms with E-state index in [0.29, 0.717) is 21.8 Å². The molecule has 0 aliphatic heterocycles. The maximum absolute atomic E-state index is 12.7. The Balaban J connectivity index is 2.22. The largest absolute Gasteiger partial charge is 0.326 e. The molecule has 2 aromatic rings. The molecule has 0 atom stereocenters. The minimum absolute atomic E-state index is 0.00552. The molecule has 0 spiro atoms. The molecule has 0 saturated carbocycles. The molecule has 0 aliphatic rings. The number of carbonyl (C=O) groups is 1. The zero-order chi connectivity index (χ0) is 18.8. The van der Waals surface area contributed by atoms with Crippen LogP contribution in [0.15, 0.2) is 35.2 Å². The number of hydrogen-bond donors (Lipinski definition) is 2. The summed E-state index contributed by atoms with van der Waals surface area (Å²) < 4.78 is 27.8. The predicted molar refractivity (Wildman–Crippen MR) is 101 cm³/mol. The molecular weight excluding hydrogens is 383 g/mol. The smallest absolute Gasteiger partial charge is 0.242 e. The highest BCUT2D eigenvalue weighted by Gasteiger charge is 2.23. The van der Waals surface area contributed by atoms with Crippen LogP contribution < -0.4 is 10.0 Å². The van der Waals surface area contributed by atoms with E-state index in [2.05, 4.69) is 10.0 Å². The summed E-state index contributed by atoms with van der Waals surface area (Å²) in [6.45, 7) is 4.82. The van der Waals surface area contributed by atoms with Crippen LogP contribution in [0.2, 0.25) is 10.0 Å². The van der Waals surface area contributed by atoms with Crippen LogP contribution in [-0.2, 0) is 21.4 Å². The predicted octanol–water partition coefficient (Wildman–Crippen LogP) is 4.05. The SMILES string of the molecule is CC(=O)Nc1ccc(CNS(=O)(=O)c2c(C)c(Cl)cc(C)c2Cl)cc1. The van der Waals surface area contributed by atoms with Crippen molar-refractivity contribution < 1.29 is 13.2 Å². The monoisotopic (exact) mass is 400 g/mol. The van der Waals surface area contributed by atoms with E-state index < -0.39 is 10.0 Å². The molecule has 0 heterocycles. The highest BCUT2D eigenvalue weighted by Crippen LogP contribution is 2.33. The van der Waals surface area contributed by atoms with Crippen molar-refractivity contribution in [1.29, 1.82) is 0 Å². The second-order valence-corrected chi connectivity index (χ2v) is 8.14. The average Bonchev–Trinajstić information content (AvgIpc) is 2.52. The number of amides is 1. The Morgan fingerprint density at radius 2 is 1.72 bits per heavy atom. The van der Waals surface area contributed by atoms with Crippen molar-refractivity contribution in [3.63, 3.8) is 0 Å². The topological polar surface area (TPSA) is 75.3 Å². The van der Waals surface area contributed by atoms with Gasteiger partial charge < -0.3 is 5.32 Å². The van der Waals surface area contributed by atoms with Crippen LogP contribution in [-0.4, -0.2) is 14.3 Å². The Kier molecular flexibility index (Phi) is 6.11. The molecule has 2 aromatic carbocycles. The second kappa shape index (κ2) is 7.74. The lowest BCUT2D eigenvalue weighted by atomic mass is 10.2. The number of benzene rings is 2. The molecule has 0 bridgehead atoms. The summed E-state index contributed by atoms with van der Waals surface area (Å²) in [7, 11) is -3.83. The first-order valence-electron chi connectivity index (χ1n) is 7.43. The van der Waals surface area contributed by atoms with Gasteiger partial charge in [-0.05, 0) is 48.7 Å². The molecule has 0 radical (unpaired) electrons. The van der Waals surface area contributed by atoms with Gasteiger partial charge in [0.25, 0.3) is 0 Å². The van der Waals surface area contributed by atoms with Gasteiger partial charge in [0.15, 0.2) is 0 Å². The van der Waals surface area contributed by atoms with E-state index >= 15 is 0 Å². The average molecular weight is 401 g/mol. The van der Waals surface area contributed by atoms with Crippen LogP contribution in [0.4, 0.5) is 5.69 Å². The van der Waals surface area contributed by atoms with Crippen molar-refractivity contribution in [3.05, 3.63) is 57.1 Å². The van der Waals surface area contributed by atoms with Gasteiger partial charge in [-0.15, -0.1) is 0 Å². The zero-order valence-electron chi connectivity index (χ0n) is 14.0. The molecule has 0 aromatic heterocycles. The third-order valence-electron chi connectivity index (χ3n) is 3.60. The number of sulfonamides is 1. The fourth-order valence-electron chi connectivity index (χ4n) is 2.29. The van der Waals surface area contributed by atoms with E-state index in [1.54, 1.807) is 44.2 Å². The van der Waals surface area contributed by atoms with Crippen molar-refractivity contribution in [3.8, 4) is 0 Å². The van der Waals surface area contributed by atoms with Gasteiger partial charge in [0.2, 0.25) is 15.9 Å². The molecular formula is C17H18Cl2N2O3S. The summed E-state index contributed by atoms with van der Waals surface area (Å²) in [5.41, 5.74) is 2.39.